The van der Waals surface area contributed by atoms with Gasteiger partial charge >= 0.3 is 6.03 Å². The number of urea groups is 1. The molecule has 9 nitrogen and oxygen atoms in total. The summed E-state index contributed by atoms with van der Waals surface area (Å²) < 4.78 is 4.78. The Labute approximate surface area is 101 Å². The SMILES string of the molecule is COc1cc([N+](=O)[O-])cc(/C=N\NC(N)=O)c1O. The third-order valence-electron chi connectivity index (χ3n) is 1.90. The van der Waals surface area contributed by atoms with Gasteiger partial charge in [-0.2, -0.15) is 5.10 Å². The van der Waals surface area contributed by atoms with Gasteiger partial charge in [-0.15, -0.1) is 0 Å². The van der Waals surface area contributed by atoms with E-state index >= 15 is 0 Å². The summed E-state index contributed by atoms with van der Waals surface area (Å²) in [6, 6.07) is 1.24. The number of rotatable bonds is 4. The summed E-state index contributed by atoms with van der Waals surface area (Å²) in [7, 11) is 1.25. The van der Waals surface area contributed by atoms with Crippen LogP contribution < -0.4 is 15.9 Å². The van der Waals surface area contributed by atoms with Gasteiger partial charge < -0.3 is 15.6 Å². The largest absolute Gasteiger partial charge is 0.504 e. The van der Waals surface area contributed by atoms with Gasteiger partial charge in [0.05, 0.1) is 24.3 Å². The lowest BCUT2D eigenvalue weighted by molar-refractivity contribution is -0.385. The number of hydrogen-bond donors (Lipinski definition) is 3. The average molecular weight is 254 g/mol. The molecule has 0 unspecified atom stereocenters. The predicted octanol–water partition coefficient (Wildman–Crippen LogP) is 0.311. The van der Waals surface area contributed by atoms with Crippen LogP contribution >= 0.6 is 0 Å². The summed E-state index contributed by atoms with van der Waals surface area (Å²) in [6.07, 6.45) is 1.01. The Morgan fingerprint density at radius 1 is 1.67 bits per heavy atom. The van der Waals surface area contributed by atoms with Gasteiger partial charge in [0, 0.05) is 11.6 Å². The number of methoxy groups -OCH3 is 1. The smallest absolute Gasteiger partial charge is 0.332 e. The third-order valence-corrected chi connectivity index (χ3v) is 1.90. The summed E-state index contributed by atoms with van der Waals surface area (Å²) in [6.45, 7) is 0. The molecule has 0 spiro atoms. The van der Waals surface area contributed by atoms with Crippen molar-refractivity contribution in [3.05, 3.63) is 27.8 Å². The molecule has 0 bridgehead atoms. The molecule has 0 fully saturated rings. The molecule has 2 amide bonds. The minimum absolute atomic E-state index is 0.00907. The predicted molar refractivity (Wildman–Crippen MR) is 61.6 cm³/mol. The number of phenolic OH excluding ortho intramolecular Hbond substituents is 1. The highest BCUT2D eigenvalue weighted by Gasteiger charge is 2.15. The van der Waals surface area contributed by atoms with E-state index in [4.69, 9.17) is 10.5 Å². The van der Waals surface area contributed by atoms with Crippen LogP contribution in [0.2, 0.25) is 0 Å². The monoisotopic (exact) mass is 254 g/mol. The van der Waals surface area contributed by atoms with E-state index in [2.05, 4.69) is 5.10 Å². The minimum Gasteiger partial charge on any atom is -0.504 e. The number of carbonyl (C=O) groups is 1. The number of nitro benzene ring substituents is 1. The first kappa shape index (κ1) is 13.2. The average Bonchev–Trinajstić information content (AvgIpc) is 2.30. The van der Waals surface area contributed by atoms with Crippen molar-refractivity contribution in [3.63, 3.8) is 0 Å². The minimum atomic E-state index is -0.900. The van der Waals surface area contributed by atoms with Gasteiger partial charge in [-0.1, -0.05) is 0 Å². The van der Waals surface area contributed by atoms with Crippen LogP contribution in [0.5, 0.6) is 11.5 Å². The van der Waals surface area contributed by atoms with E-state index in [1.165, 1.54) is 7.11 Å². The zero-order valence-corrected chi connectivity index (χ0v) is 9.28. The highest BCUT2D eigenvalue weighted by molar-refractivity contribution is 5.87. The number of carbonyl (C=O) groups excluding carboxylic acids is 1. The molecule has 1 aromatic carbocycles. The fraction of sp³-hybridized carbons (Fsp3) is 0.111. The molecule has 0 saturated heterocycles. The van der Waals surface area contributed by atoms with Crippen molar-refractivity contribution in [3.8, 4) is 11.5 Å². The van der Waals surface area contributed by atoms with Gasteiger partial charge in [0.25, 0.3) is 5.69 Å². The number of phenols is 1. The lowest BCUT2D eigenvalue weighted by atomic mass is 10.2. The van der Waals surface area contributed by atoms with Crippen LogP contribution in [0, 0.1) is 10.1 Å². The van der Waals surface area contributed by atoms with Crippen LogP contribution in [0.4, 0.5) is 10.5 Å². The Morgan fingerprint density at radius 2 is 2.33 bits per heavy atom. The van der Waals surface area contributed by atoms with Gasteiger partial charge in [-0.3, -0.25) is 10.1 Å². The van der Waals surface area contributed by atoms with Crippen LogP contribution in [0.15, 0.2) is 17.2 Å². The zero-order valence-electron chi connectivity index (χ0n) is 9.28. The number of nitrogens with two attached hydrogens (primary N) is 1. The van der Waals surface area contributed by atoms with E-state index in [0.29, 0.717) is 0 Å². The summed E-state index contributed by atoms with van der Waals surface area (Å²) >= 11 is 0. The highest BCUT2D eigenvalue weighted by atomic mass is 16.6. The quantitative estimate of drug-likeness (QED) is 0.403. The first-order valence-corrected chi connectivity index (χ1v) is 4.59. The maximum Gasteiger partial charge on any atom is 0.332 e. The number of amides is 2. The lowest BCUT2D eigenvalue weighted by Crippen LogP contribution is -2.24. The van der Waals surface area contributed by atoms with Crippen molar-refractivity contribution in [2.24, 2.45) is 10.8 Å². The van der Waals surface area contributed by atoms with E-state index in [0.717, 1.165) is 18.3 Å². The van der Waals surface area contributed by atoms with E-state index < -0.39 is 11.0 Å². The molecule has 0 aliphatic carbocycles. The van der Waals surface area contributed by atoms with Crippen LogP contribution in [-0.2, 0) is 0 Å². The van der Waals surface area contributed by atoms with Crippen molar-refractivity contribution in [1.82, 2.24) is 5.43 Å². The molecule has 0 heterocycles. The van der Waals surface area contributed by atoms with Gasteiger partial charge in [-0.05, 0) is 0 Å². The molecule has 4 N–H and O–H groups in total. The Kier molecular flexibility index (Phi) is 4.02. The first-order chi connectivity index (χ1) is 8.45. The fourth-order valence-electron chi connectivity index (χ4n) is 1.14. The summed E-state index contributed by atoms with van der Waals surface area (Å²) in [5.41, 5.74) is 6.39. The van der Waals surface area contributed by atoms with Gasteiger partial charge in [-0.25, -0.2) is 10.2 Å². The molecule has 0 radical (unpaired) electrons. The van der Waals surface area contributed by atoms with E-state index in [1.54, 1.807) is 0 Å². The first-order valence-electron chi connectivity index (χ1n) is 4.59. The van der Waals surface area contributed by atoms with Crippen molar-refractivity contribution < 1.29 is 19.6 Å². The standard InChI is InChI=1S/C9H10N4O5/c1-18-7-3-6(13(16)17)2-5(8(7)14)4-11-12-9(10)15/h2-4,14H,1H3,(H3,10,12,15)/b11-4-. The molecule has 0 aromatic heterocycles. The van der Waals surface area contributed by atoms with Crippen molar-refractivity contribution in [1.29, 1.82) is 0 Å². The molecule has 1 aromatic rings. The summed E-state index contributed by atoms with van der Waals surface area (Å²) in [4.78, 5) is 20.4. The number of primary amides is 1. The molecule has 0 aliphatic heterocycles. The molecule has 1 rings (SSSR count). The topological polar surface area (TPSA) is 140 Å². The second-order valence-corrected chi connectivity index (χ2v) is 3.08. The number of nitro groups is 1. The second-order valence-electron chi connectivity index (χ2n) is 3.08. The summed E-state index contributed by atoms with van der Waals surface area (Å²) in [5.74, 6) is -0.414. The normalized spacial score (nSPS) is 10.3. The lowest BCUT2D eigenvalue weighted by Gasteiger charge is -2.05. The van der Waals surface area contributed by atoms with Crippen LogP contribution in [0.1, 0.15) is 5.56 Å². The van der Waals surface area contributed by atoms with E-state index in [-0.39, 0.29) is 22.7 Å². The van der Waals surface area contributed by atoms with Crippen LogP contribution in [0.25, 0.3) is 0 Å². The number of benzene rings is 1. The number of non-ortho nitro benzene ring substituents is 1. The molecule has 0 saturated carbocycles. The van der Waals surface area contributed by atoms with Gasteiger partial charge in [0.15, 0.2) is 11.5 Å². The zero-order chi connectivity index (χ0) is 13.7. The fourth-order valence-corrected chi connectivity index (χ4v) is 1.14. The Balaban J connectivity index is 3.16. The second kappa shape index (κ2) is 5.48. The van der Waals surface area contributed by atoms with E-state index in [9.17, 15) is 20.0 Å². The molecule has 0 aliphatic rings. The highest BCUT2D eigenvalue weighted by Crippen LogP contribution is 2.33. The maximum atomic E-state index is 10.6. The Bertz CT molecular complexity index is 514. The van der Waals surface area contributed by atoms with Crippen molar-refractivity contribution >= 4 is 17.9 Å². The Hall–Kier alpha value is -2.84. The third kappa shape index (κ3) is 3.07. The van der Waals surface area contributed by atoms with Crippen molar-refractivity contribution in [2.75, 3.05) is 7.11 Å². The molecular weight excluding hydrogens is 244 g/mol. The molecule has 18 heavy (non-hydrogen) atoms. The number of nitrogens with one attached hydrogen (secondary N) is 1. The maximum absolute atomic E-state index is 10.6. The Morgan fingerprint density at radius 3 is 2.83 bits per heavy atom. The number of hydrazone groups is 1. The molecule has 0 atom stereocenters. The number of nitrogens with zero attached hydrogens (tertiary/aromatic N) is 2. The van der Waals surface area contributed by atoms with E-state index in [1.807, 2.05) is 5.43 Å². The van der Waals surface area contributed by atoms with Crippen molar-refractivity contribution in [2.45, 2.75) is 0 Å². The van der Waals surface area contributed by atoms with Crippen LogP contribution in [-0.4, -0.2) is 29.4 Å². The van der Waals surface area contributed by atoms with Crippen LogP contribution in [0.3, 0.4) is 0 Å². The summed E-state index contributed by atoms with van der Waals surface area (Å²) in [5, 5.41) is 23.7. The van der Waals surface area contributed by atoms with Gasteiger partial charge in [0.1, 0.15) is 0 Å². The molecular formula is C9H10N4O5. The van der Waals surface area contributed by atoms with Gasteiger partial charge in [0.2, 0.25) is 0 Å². The number of ether oxygens (including phenoxy) is 1. The molecule has 9 heteroatoms. The number of aromatic hydroxyl groups is 1. The molecule has 96 valence electrons. The number of hydrogen-bond acceptors (Lipinski definition) is 6.